The van der Waals surface area contributed by atoms with E-state index in [-0.39, 0.29) is 6.61 Å². The maximum absolute atomic E-state index is 10.7. The van der Waals surface area contributed by atoms with Crippen molar-refractivity contribution in [3.8, 4) is 0 Å². The first-order valence-electron chi connectivity index (χ1n) is 3.43. The Bertz CT molecular complexity index is 224. The fourth-order valence-corrected chi connectivity index (χ4v) is 1.98. The van der Waals surface area contributed by atoms with E-state index in [0.717, 1.165) is 0 Å². The van der Waals surface area contributed by atoms with Gasteiger partial charge < -0.3 is 5.11 Å². The second kappa shape index (κ2) is 3.09. The normalized spacial score (nSPS) is 31.5. The number of hydrogen-bond donors (Lipinski definition) is 1. The summed E-state index contributed by atoms with van der Waals surface area (Å²) in [6.07, 6.45) is -1.05. The topological polar surface area (TPSA) is 72.8 Å². The first-order valence-corrected chi connectivity index (χ1v) is 4.53. The van der Waals surface area contributed by atoms with Crippen LogP contribution < -0.4 is 0 Å². The third kappa shape index (κ3) is 1.80. The molecule has 0 aromatic rings. The van der Waals surface area contributed by atoms with E-state index in [1.54, 1.807) is 13.8 Å². The molecule has 0 aliphatic carbocycles. The summed E-state index contributed by atoms with van der Waals surface area (Å²) in [6.45, 7) is 3.52. The van der Waals surface area contributed by atoms with Gasteiger partial charge in [0.05, 0.1) is 0 Å². The van der Waals surface area contributed by atoms with Gasteiger partial charge in [0.15, 0.2) is 0 Å². The lowest BCUT2D eigenvalue weighted by atomic mass is 9.88. The first kappa shape index (κ1) is 9.58. The molecule has 1 aliphatic heterocycles. The van der Waals surface area contributed by atoms with Crippen LogP contribution in [0.3, 0.4) is 0 Å². The van der Waals surface area contributed by atoms with Gasteiger partial charge >= 0.3 is 14.2 Å². The van der Waals surface area contributed by atoms with Gasteiger partial charge in [0, 0.05) is 9.98 Å². The molecule has 0 radical (unpaired) electrons. The van der Waals surface area contributed by atoms with Crippen molar-refractivity contribution in [1.29, 1.82) is 0 Å². The molecule has 0 aromatic carbocycles. The molecular formula is C6H10O5P+. The van der Waals surface area contributed by atoms with Crippen LogP contribution in [0, 0.1) is 5.41 Å². The Hall–Kier alpha value is -0.510. The maximum Gasteiger partial charge on any atom is 0.698 e. The Morgan fingerprint density at radius 3 is 2.67 bits per heavy atom. The van der Waals surface area contributed by atoms with Gasteiger partial charge in [-0.1, -0.05) is 13.8 Å². The molecule has 1 rings (SSSR count). The Balaban J connectivity index is 2.78. The summed E-state index contributed by atoms with van der Waals surface area (Å²) in [5.41, 5.74) is -0.630. The van der Waals surface area contributed by atoms with Gasteiger partial charge in [0.1, 0.15) is 6.61 Å². The smallest absolute Gasteiger partial charge is 0.479 e. The first-order chi connectivity index (χ1) is 5.43. The summed E-state index contributed by atoms with van der Waals surface area (Å²) in [6, 6.07) is 0. The SMILES string of the molecule is CC1(C)CO[P+](=O)OC1C(=O)O. The number of carboxylic acids is 1. The molecule has 0 aromatic heterocycles. The molecule has 5 nitrogen and oxygen atoms in total. The van der Waals surface area contributed by atoms with E-state index in [9.17, 15) is 9.36 Å². The fraction of sp³-hybridized carbons (Fsp3) is 0.833. The summed E-state index contributed by atoms with van der Waals surface area (Å²) in [5.74, 6) is -1.10. The number of carboxylic acid groups (broad SMARTS) is 1. The second-order valence-corrected chi connectivity index (χ2v) is 4.23. The molecule has 1 aliphatic rings. The van der Waals surface area contributed by atoms with E-state index in [2.05, 4.69) is 4.52 Å². The molecule has 0 spiro atoms. The van der Waals surface area contributed by atoms with E-state index in [1.165, 1.54) is 0 Å². The summed E-state index contributed by atoms with van der Waals surface area (Å²) < 4.78 is 20.1. The van der Waals surface area contributed by atoms with Crippen molar-refractivity contribution in [2.75, 3.05) is 6.61 Å². The third-order valence-electron chi connectivity index (χ3n) is 1.67. The predicted octanol–water partition coefficient (Wildman–Crippen LogP) is 1.17. The second-order valence-electron chi connectivity index (χ2n) is 3.31. The van der Waals surface area contributed by atoms with Crippen LogP contribution in [0.4, 0.5) is 0 Å². The molecule has 0 bridgehead atoms. The van der Waals surface area contributed by atoms with Gasteiger partial charge in [-0.05, 0) is 0 Å². The fourth-order valence-electron chi connectivity index (χ4n) is 0.933. The van der Waals surface area contributed by atoms with Crippen molar-refractivity contribution < 1.29 is 23.5 Å². The summed E-state index contributed by atoms with van der Waals surface area (Å²) in [4.78, 5) is 10.6. The number of carbonyl (C=O) groups is 1. The van der Waals surface area contributed by atoms with Gasteiger partial charge in [-0.25, -0.2) is 4.79 Å². The monoisotopic (exact) mass is 193 g/mol. The molecule has 2 atom stereocenters. The van der Waals surface area contributed by atoms with Crippen molar-refractivity contribution in [2.24, 2.45) is 5.41 Å². The Morgan fingerprint density at radius 1 is 1.67 bits per heavy atom. The Kier molecular flexibility index (Phi) is 2.46. The largest absolute Gasteiger partial charge is 0.698 e. The summed E-state index contributed by atoms with van der Waals surface area (Å²) >= 11 is 0. The van der Waals surface area contributed by atoms with Crippen LogP contribution in [0.1, 0.15) is 13.8 Å². The Morgan fingerprint density at radius 2 is 2.25 bits per heavy atom. The van der Waals surface area contributed by atoms with Gasteiger partial charge in [-0.2, -0.15) is 0 Å². The lowest BCUT2D eigenvalue weighted by Gasteiger charge is -2.27. The summed E-state index contributed by atoms with van der Waals surface area (Å²) in [5, 5.41) is 8.68. The highest BCUT2D eigenvalue weighted by Gasteiger charge is 2.50. The van der Waals surface area contributed by atoms with Crippen molar-refractivity contribution in [1.82, 2.24) is 0 Å². The van der Waals surface area contributed by atoms with Crippen molar-refractivity contribution in [3.63, 3.8) is 0 Å². The van der Waals surface area contributed by atoms with Crippen molar-refractivity contribution in [3.05, 3.63) is 0 Å². The molecular weight excluding hydrogens is 183 g/mol. The molecule has 2 unspecified atom stereocenters. The van der Waals surface area contributed by atoms with Crippen LogP contribution in [-0.4, -0.2) is 23.8 Å². The average molecular weight is 193 g/mol. The van der Waals surface area contributed by atoms with Crippen LogP contribution >= 0.6 is 8.25 Å². The highest BCUT2D eigenvalue weighted by Crippen LogP contribution is 2.41. The van der Waals surface area contributed by atoms with Gasteiger partial charge in [0.25, 0.3) is 0 Å². The van der Waals surface area contributed by atoms with Crippen molar-refractivity contribution in [2.45, 2.75) is 20.0 Å². The van der Waals surface area contributed by atoms with Gasteiger partial charge in [0.2, 0.25) is 6.10 Å². The number of rotatable bonds is 1. The molecule has 1 fully saturated rings. The standard InChI is InChI=1S/C6H9O5P/c1-6(2)3-10-12(9)11-4(6)5(7)8/h4H,3H2,1-2H3/p+1. The molecule has 0 saturated carbocycles. The minimum Gasteiger partial charge on any atom is -0.479 e. The molecule has 68 valence electrons. The Labute approximate surface area is 70.6 Å². The van der Waals surface area contributed by atoms with E-state index in [1.807, 2.05) is 0 Å². The zero-order valence-corrected chi connectivity index (χ0v) is 7.71. The molecule has 1 N–H and O–H groups in total. The average Bonchev–Trinajstić information content (AvgIpc) is 1.94. The van der Waals surface area contributed by atoms with Gasteiger partial charge in [-0.15, -0.1) is 9.05 Å². The molecule has 1 heterocycles. The van der Waals surface area contributed by atoms with Crippen LogP contribution in [0.2, 0.25) is 0 Å². The zero-order valence-electron chi connectivity index (χ0n) is 6.81. The summed E-state index contributed by atoms with van der Waals surface area (Å²) in [7, 11) is -2.25. The van der Waals surface area contributed by atoms with Crippen molar-refractivity contribution >= 4 is 14.2 Å². The molecule has 12 heavy (non-hydrogen) atoms. The predicted molar refractivity (Wildman–Crippen MR) is 39.8 cm³/mol. The van der Waals surface area contributed by atoms with Crippen LogP contribution in [0.15, 0.2) is 0 Å². The molecule has 6 heteroatoms. The minimum absolute atomic E-state index is 0.138. The quantitative estimate of drug-likeness (QED) is 0.632. The van der Waals surface area contributed by atoms with E-state index in [4.69, 9.17) is 9.63 Å². The lowest BCUT2D eigenvalue weighted by molar-refractivity contribution is -0.155. The van der Waals surface area contributed by atoms with Crippen LogP contribution in [0.25, 0.3) is 0 Å². The van der Waals surface area contributed by atoms with E-state index >= 15 is 0 Å². The van der Waals surface area contributed by atoms with Gasteiger partial charge in [-0.3, -0.25) is 0 Å². The van der Waals surface area contributed by atoms with Crippen LogP contribution in [-0.2, 0) is 18.4 Å². The highest BCUT2D eigenvalue weighted by atomic mass is 31.1. The number of hydrogen-bond acceptors (Lipinski definition) is 4. The minimum atomic E-state index is -2.25. The van der Waals surface area contributed by atoms with E-state index in [0.29, 0.717) is 0 Å². The maximum atomic E-state index is 10.7. The van der Waals surface area contributed by atoms with E-state index < -0.39 is 25.7 Å². The number of aliphatic carboxylic acids is 1. The lowest BCUT2D eigenvalue weighted by Crippen LogP contribution is -2.43. The third-order valence-corrected chi connectivity index (χ3v) is 2.39. The molecule has 1 saturated heterocycles. The highest BCUT2D eigenvalue weighted by molar-refractivity contribution is 7.33. The van der Waals surface area contributed by atoms with Crippen LogP contribution in [0.5, 0.6) is 0 Å². The zero-order chi connectivity index (χ0) is 9.35. The molecule has 0 amide bonds.